The lowest BCUT2D eigenvalue weighted by Gasteiger charge is -2.29. The van der Waals surface area contributed by atoms with E-state index in [1.54, 1.807) is 6.07 Å². The minimum atomic E-state index is -2.05. The average Bonchev–Trinajstić information content (AvgIpc) is 3.28. The highest BCUT2D eigenvalue weighted by atomic mass is 32.2. The van der Waals surface area contributed by atoms with Gasteiger partial charge in [0, 0.05) is 47.5 Å². The Bertz CT molecular complexity index is 1410. The van der Waals surface area contributed by atoms with Crippen LogP contribution in [0.3, 0.4) is 0 Å². The molecule has 6 nitrogen and oxygen atoms in total. The Balaban J connectivity index is 1.86. The third-order valence-corrected chi connectivity index (χ3v) is 10.0. The topological polar surface area (TPSA) is 94.2 Å². The Labute approximate surface area is 228 Å². The molecule has 0 saturated carbocycles. The van der Waals surface area contributed by atoms with Crippen molar-refractivity contribution in [1.82, 2.24) is 14.9 Å². The van der Waals surface area contributed by atoms with Gasteiger partial charge in [-0.3, -0.25) is 4.98 Å². The Kier molecular flexibility index (Phi) is 8.44. The monoisotopic (exact) mass is 553 g/mol. The van der Waals surface area contributed by atoms with Crippen molar-refractivity contribution < 1.29 is 18.6 Å². The number of nitrogens with one attached hydrogen (secondary N) is 1. The van der Waals surface area contributed by atoms with Crippen LogP contribution in [0, 0.1) is 5.82 Å². The average molecular weight is 554 g/mol. The third kappa shape index (κ3) is 6.18. The van der Waals surface area contributed by atoms with Crippen LogP contribution in [0.2, 0.25) is 19.6 Å². The van der Waals surface area contributed by atoms with E-state index in [9.17, 15) is 9.66 Å². The van der Waals surface area contributed by atoms with Crippen LogP contribution in [0.1, 0.15) is 43.8 Å². The molecule has 9 heteroatoms. The fraction of sp³-hybridized carbons (Fsp3) is 0.379. The molecular formula is C29H36FN3O3SSi. The molecule has 0 spiro atoms. The van der Waals surface area contributed by atoms with Crippen LogP contribution in [-0.4, -0.2) is 39.2 Å². The summed E-state index contributed by atoms with van der Waals surface area (Å²) in [4.78, 5) is 4.63. The van der Waals surface area contributed by atoms with Gasteiger partial charge in [-0.05, 0) is 49.7 Å². The molecule has 38 heavy (non-hydrogen) atoms. The van der Waals surface area contributed by atoms with Crippen LogP contribution in [0.5, 0.6) is 0 Å². The molecule has 0 aliphatic rings. The Morgan fingerprint density at radius 3 is 2.47 bits per heavy atom. The van der Waals surface area contributed by atoms with E-state index >= 15 is 4.39 Å². The number of pyridine rings is 1. The molecule has 1 unspecified atom stereocenters. The van der Waals surface area contributed by atoms with E-state index in [4.69, 9.17) is 4.52 Å². The molecule has 2 heterocycles. The smallest absolute Gasteiger partial charge is 0.167 e. The first kappa shape index (κ1) is 28.4. The first-order valence-corrected chi connectivity index (χ1v) is 17.5. The number of para-hydroxylation sites is 1. The number of rotatable bonds is 9. The van der Waals surface area contributed by atoms with Gasteiger partial charge in [-0.2, -0.15) is 0 Å². The van der Waals surface area contributed by atoms with Crippen molar-refractivity contribution >= 4 is 35.6 Å². The van der Waals surface area contributed by atoms with Gasteiger partial charge in [0.2, 0.25) is 0 Å². The number of nitrogens with zero attached hydrogens (tertiary/aromatic N) is 2. The van der Waals surface area contributed by atoms with Crippen LogP contribution in [0.4, 0.5) is 4.39 Å². The maximum absolute atomic E-state index is 16.0. The Hall–Kier alpha value is -2.56. The van der Waals surface area contributed by atoms with E-state index in [1.807, 2.05) is 69.3 Å². The van der Waals surface area contributed by atoms with Crippen molar-refractivity contribution in [1.29, 1.82) is 0 Å². The van der Waals surface area contributed by atoms with Gasteiger partial charge in [0.25, 0.3) is 0 Å². The van der Waals surface area contributed by atoms with Crippen LogP contribution < -0.4 is 9.91 Å². The van der Waals surface area contributed by atoms with Crippen molar-refractivity contribution in [3.63, 3.8) is 0 Å². The van der Waals surface area contributed by atoms with Gasteiger partial charge >= 0.3 is 0 Å². The number of aliphatic hydroxyl groups is 1. The molecule has 0 bridgehead atoms. The molecule has 0 amide bonds. The maximum Gasteiger partial charge on any atom is 0.167 e. The highest BCUT2D eigenvalue weighted by Crippen LogP contribution is 2.35. The van der Waals surface area contributed by atoms with E-state index in [1.165, 1.54) is 0 Å². The molecule has 4 aromatic rings. The summed E-state index contributed by atoms with van der Waals surface area (Å²) in [7, 11) is -2.05. The van der Waals surface area contributed by atoms with Gasteiger partial charge in [0.15, 0.2) is 5.58 Å². The zero-order valence-electron chi connectivity index (χ0n) is 22.8. The molecule has 0 aliphatic heterocycles. The van der Waals surface area contributed by atoms with E-state index in [2.05, 4.69) is 34.5 Å². The largest absolute Gasteiger partial charge is 0.598 e. The lowest BCUT2D eigenvalue weighted by molar-refractivity contribution is 0.298. The summed E-state index contributed by atoms with van der Waals surface area (Å²) in [6.07, 6.45) is 0.523. The number of hydrogen-bond donors (Lipinski definition) is 2. The summed E-state index contributed by atoms with van der Waals surface area (Å²) in [6.45, 7) is 11.9. The molecule has 4 rings (SSSR count). The van der Waals surface area contributed by atoms with Gasteiger partial charge in [0.05, 0.1) is 19.8 Å². The van der Waals surface area contributed by atoms with Crippen molar-refractivity contribution in [2.24, 2.45) is 0 Å². The van der Waals surface area contributed by atoms with Crippen molar-refractivity contribution in [3.8, 4) is 11.3 Å². The van der Waals surface area contributed by atoms with Gasteiger partial charge in [-0.15, -0.1) is 4.72 Å². The standard InChI is InChI=1S/C29H36FN3O3SSi/c1-29(2,3)37(35)33-23(18-24-27(30)26(38(4,5)6)17-19(31-24)15-16-34)20-11-7-8-12-21(20)28-22-13-9-10-14-25(22)36-32-28/h7-14,17,23,33-34H,15-16,18H2,1-6H3/t23?,37-/m0/s1. The number of halogens is 1. The molecular weight excluding hydrogens is 517 g/mol. The molecule has 0 radical (unpaired) electrons. The predicted octanol–water partition coefficient (Wildman–Crippen LogP) is 5.44. The summed E-state index contributed by atoms with van der Waals surface area (Å²) < 4.78 is 37.7. The van der Waals surface area contributed by atoms with Crippen molar-refractivity contribution in [2.75, 3.05) is 6.61 Å². The fourth-order valence-corrected chi connectivity index (χ4v) is 6.60. The van der Waals surface area contributed by atoms with Gasteiger partial charge in [0.1, 0.15) is 16.3 Å². The lowest BCUT2D eigenvalue weighted by atomic mass is 9.94. The number of aromatic nitrogens is 2. The Morgan fingerprint density at radius 2 is 1.79 bits per heavy atom. The van der Waals surface area contributed by atoms with Crippen LogP contribution in [0.15, 0.2) is 59.1 Å². The highest BCUT2D eigenvalue weighted by Gasteiger charge is 2.33. The molecule has 202 valence electrons. The summed E-state index contributed by atoms with van der Waals surface area (Å²) in [5.41, 5.74) is 3.95. The SMILES string of the molecule is CC(C)(C)[S@+]([O-])NC(Cc1nc(CCO)cc([Si](C)(C)C)c1F)c1ccccc1-c1noc2ccccc12. The molecule has 0 fully saturated rings. The number of hydrogen-bond acceptors (Lipinski definition) is 6. The molecule has 2 aromatic carbocycles. The van der Waals surface area contributed by atoms with E-state index in [-0.39, 0.29) is 18.8 Å². The highest BCUT2D eigenvalue weighted by molar-refractivity contribution is 7.90. The predicted molar refractivity (Wildman–Crippen MR) is 155 cm³/mol. The molecule has 2 aromatic heterocycles. The third-order valence-electron chi connectivity index (χ3n) is 6.43. The quantitative estimate of drug-likeness (QED) is 0.212. The number of benzene rings is 2. The lowest BCUT2D eigenvalue weighted by Crippen LogP contribution is -2.43. The minimum Gasteiger partial charge on any atom is -0.598 e. The van der Waals surface area contributed by atoms with Crippen LogP contribution in [-0.2, 0) is 24.2 Å². The second-order valence-electron chi connectivity index (χ2n) is 11.5. The Morgan fingerprint density at radius 1 is 1.11 bits per heavy atom. The van der Waals surface area contributed by atoms with Gasteiger partial charge < -0.3 is 14.2 Å². The summed E-state index contributed by atoms with van der Waals surface area (Å²) in [5.74, 6) is -0.316. The first-order chi connectivity index (χ1) is 17.9. The number of fused-ring (bicyclic) bond motifs is 1. The van der Waals surface area contributed by atoms with Crippen molar-refractivity contribution in [3.05, 3.63) is 77.4 Å². The summed E-state index contributed by atoms with van der Waals surface area (Å²) >= 11 is -1.44. The molecule has 2 atom stereocenters. The minimum absolute atomic E-state index is 0.0685. The summed E-state index contributed by atoms with van der Waals surface area (Å²) in [5, 5.41) is 15.5. The second-order valence-corrected chi connectivity index (χ2v) is 18.6. The fourth-order valence-electron chi connectivity index (χ4n) is 4.37. The molecule has 0 aliphatic carbocycles. The van der Waals surface area contributed by atoms with Crippen molar-refractivity contribution in [2.45, 2.75) is 64.0 Å². The normalized spacial score (nSPS) is 14.1. The molecule has 2 N–H and O–H groups in total. The molecule has 0 saturated heterocycles. The maximum atomic E-state index is 16.0. The first-order valence-electron chi connectivity index (χ1n) is 12.8. The van der Waals surface area contributed by atoms with E-state index < -0.39 is 30.2 Å². The van der Waals surface area contributed by atoms with Crippen LogP contribution in [0.25, 0.3) is 22.2 Å². The van der Waals surface area contributed by atoms with Gasteiger partial charge in [-0.25, -0.2) is 4.39 Å². The summed E-state index contributed by atoms with van der Waals surface area (Å²) in [6, 6.07) is 16.6. The van der Waals surface area contributed by atoms with Gasteiger partial charge in [-0.1, -0.05) is 61.2 Å². The van der Waals surface area contributed by atoms with E-state index in [0.717, 1.165) is 16.5 Å². The number of aliphatic hydroxyl groups excluding tert-OH is 1. The second kappa shape index (κ2) is 11.3. The van der Waals surface area contributed by atoms with E-state index in [0.29, 0.717) is 34.3 Å². The van der Waals surface area contributed by atoms with Crippen LogP contribution >= 0.6 is 0 Å². The zero-order chi connectivity index (χ0) is 27.7. The zero-order valence-corrected chi connectivity index (χ0v) is 24.7.